The Hall–Kier alpha value is -3.23. The molecule has 0 unspecified atom stereocenters. The van der Waals surface area contributed by atoms with E-state index in [4.69, 9.17) is 34.7 Å². The van der Waals surface area contributed by atoms with Gasteiger partial charge in [0.25, 0.3) is 5.91 Å². The number of nitrogen functional groups attached to an aromatic ring is 1. The van der Waals surface area contributed by atoms with Crippen molar-refractivity contribution in [1.29, 1.82) is 0 Å². The van der Waals surface area contributed by atoms with Gasteiger partial charge in [-0.25, -0.2) is 9.48 Å². The molecule has 3 rings (SSSR count). The Balaban J connectivity index is 1.83. The molecule has 162 valence electrons. The third-order valence-corrected chi connectivity index (χ3v) is 4.96. The molecule has 0 fully saturated rings. The quantitative estimate of drug-likeness (QED) is 0.439. The summed E-state index contributed by atoms with van der Waals surface area (Å²) in [6.45, 7) is 5.76. The monoisotopic (exact) mass is 460 g/mol. The van der Waals surface area contributed by atoms with Crippen LogP contribution in [0.1, 0.15) is 31.1 Å². The van der Waals surface area contributed by atoms with Crippen LogP contribution in [0.15, 0.2) is 42.5 Å². The fourth-order valence-electron chi connectivity index (χ4n) is 2.98. The lowest BCUT2D eigenvalue weighted by Crippen LogP contribution is -2.25. The van der Waals surface area contributed by atoms with Crippen molar-refractivity contribution in [3.05, 3.63) is 58.1 Å². The molecule has 0 saturated carbocycles. The fourth-order valence-corrected chi connectivity index (χ4v) is 3.31. The van der Waals surface area contributed by atoms with Gasteiger partial charge in [0.05, 0.1) is 16.2 Å². The Labute approximate surface area is 189 Å². The van der Waals surface area contributed by atoms with Crippen LogP contribution in [0.25, 0.3) is 11.3 Å². The van der Waals surface area contributed by atoms with E-state index in [9.17, 15) is 9.59 Å². The first-order valence-corrected chi connectivity index (χ1v) is 10.0. The number of nitrogens with one attached hydrogen (secondary N) is 2. The summed E-state index contributed by atoms with van der Waals surface area (Å²) in [6, 6.07) is 11.0. The number of carbonyl (C=O) groups excluding carboxylic acids is 2. The fraction of sp³-hybridized carbons (Fsp3) is 0.190. The molecule has 0 aliphatic carbocycles. The summed E-state index contributed by atoms with van der Waals surface area (Å²) in [5.74, 6) is -0.460. The molecule has 3 aromatic rings. The van der Waals surface area contributed by atoms with Crippen molar-refractivity contribution < 1.29 is 9.59 Å². The zero-order valence-electron chi connectivity index (χ0n) is 17.2. The van der Waals surface area contributed by atoms with Crippen molar-refractivity contribution in [2.75, 3.05) is 16.4 Å². The molecule has 3 amide bonds. The molecule has 8 nitrogen and oxygen atoms in total. The average Bonchev–Trinajstić information content (AvgIpc) is 3.03. The lowest BCUT2D eigenvalue weighted by Gasteiger charge is -2.20. The van der Waals surface area contributed by atoms with E-state index in [2.05, 4.69) is 15.7 Å². The number of anilines is 3. The maximum Gasteiger partial charge on any atom is 0.323 e. The lowest BCUT2D eigenvalue weighted by atomic mass is 10.1. The van der Waals surface area contributed by atoms with Crippen LogP contribution in [-0.2, 0) is 5.54 Å². The topological polar surface area (TPSA) is 128 Å². The van der Waals surface area contributed by atoms with Gasteiger partial charge in [-0.3, -0.25) is 4.79 Å². The number of amides is 3. The van der Waals surface area contributed by atoms with E-state index in [-0.39, 0.29) is 11.4 Å². The van der Waals surface area contributed by atoms with Crippen molar-refractivity contribution in [3.8, 4) is 11.3 Å². The van der Waals surface area contributed by atoms with Gasteiger partial charge in [0.2, 0.25) is 0 Å². The van der Waals surface area contributed by atoms with Gasteiger partial charge in [-0.05, 0) is 51.1 Å². The Morgan fingerprint density at radius 1 is 1.03 bits per heavy atom. The van der Waals surface area contributed by atoms with E-state index in [1.165, 1.54) is 0 Å². The maximum atomic E-state index is 12.3. The molecular weight excluding hydrogens is 439 g/mol. The Morgan fingerprint density at radius 2 is 1.68 bits per heavy atom. The van der Waals surface area contributed by atoms with E-state index in [0.717, 1.165) is 0 Å². The summed E-state index contributed by atoms with van der Waals surface area (Å²) in [6.07, 6.45) is 0. The summed E-state index contributed by atoms with van der Waals surface area (Å²) in [4.78, 5) is 24.3. The van der Waals surface area contributed by atoms with E-state index >= 15 is 0 Å². The molecule has 1 heterocycles. The second kappa shape index (κ2) is 8.49. The second-order valence-electron chi connectivity index (χ2n) is 7.84. The van der Waals surface area contributed by atoms with Crippen LogP contribution in [0.4, 0.5) is 22.0 Å². The van der Waals surface area contributed by atoms with Crippen LogP contribution in [0, 0.1) is 0 Å². The second-order valence-corrected chi connectivity index (χ2v) is 8.68. The summed E-state index contributed by atoms with van der Waals surface area (Å²) in [5, 5.41) is 10.6. The molecule has 0 aliphatic heterocycles. The van der Waals surface area contributed by atoms with E-state index < -0.39 is 17.5 Å². The van der Waals surface area contributed by atoms with E-state index in [1.54, 1.807) is 47.1 Å². The highest BCUT2D eigenvalue weighted by atomic mass is 35.5. The van der Waals surface area contributed by atoms with Crippen molar-refractivity contribution in [2.45, 2.75) is 26.3 Å². The number of aromatic nitrogens is 2. The largest absolute Gasteiger partial charge is 0.383 e. The number of carbonyl (C=O) groups is 2. The highest BCUT2D eigenvalue weighted by Gasteiger charge is 2.26. The number of benzene rings is 2. The molecular formula is C21H22Cl2N6O2. The Bertz CT molecular complexity index is 1150. The Kier molecular flexibility index (Phi) is 6.15. The molecule has 10 heteroatoms. The van der Waals surface area contributed by atoms with Crippen LogP contribution in [0.3, 0.4) is 0 Å². The number of nitrogens with zero attached hydrogens (tertiary/aromatic N) is 2. The van der Waals surface area contributed by atoms with Gasteiger partial charge < -0.3 is 22.1 Å². The predicted octanol–water partition coefficient (Wildman–Crippen LogP) is 4.94. The van der Waals surface area contributed by atoms with Gasteiger partial charge in [-0.15, -0.1) is 0 Å². The molecule has 6 N–H and O–H groups in total. The molecule has 0 bridgehead atoms. The third kappa shape index (κ3) is 4.92. The highest BCUT2D eigenvalue weighted by Crippen LogP contribution is 2.31. The van der Waals surface area contributed by atoms with Crippen LogP contribution < -0.4 is 22.1 Å². The third-order valence-electron chi connectivity index (χ3n) is 4.40. The molecule has 1 aromatic heterocycles. The first-order chi connectivity index (χ1) is 14.5. The van der Waals surface area contributed by atoms with Gasteiger partial charge in [0.1, 0.15) is 17.1 Å². The minimum absolute atomic E-state index is 0.156. The van der Waals surface area contributed by atoms with E-state index in [0.29, 0.717) is 32.7 Å². The van der Waals surface area contributed by atoms with Crippen molar-refractivity contribution in [1.82, 2.24) is 9.78 Å². The summed E-state index contributed by atoms with van der Waals surface area (Å²) < 4.78 is 1.57. The number of hydrogen-bond acceptors (Lipinski definition) is 4. The minimum Gasteiger partial charge on any atom is -0.383 e. The van der Waals surface area contributed by atoms with Crippen molar-refractivity contribution >= 4 is 52.3 Å². The summed E-state index contributed by atoms with van der Waals surface area (Å²) >= 11 is 12.0. The number of urea groups is 1. The summed E-state index contributed by atoms with van der Waals surface area (Å²) in [7, 11) is 0. The molecule has 0 atom stereocenters. The normalized spacial score (nSPS) is 11.3. The maximum absolute atomic E-state index is 12.3. The van der Waals surface area contributed by atoms with Crippen LogP contribution in [0.5, 0.6) is 0 Å². The number of halogens is 2. The Morgan fingerprint density at radius 3 is 2.26 bits per heavy atom. The zero-order valence-corrected chi connectivity index (χ0v) is 18.7. The molecule has 0 saturated heterocycles. The van der Waals surface area contributed by atoms with Crippen LogP contribution in [-0.4, -0.2) is 21.7 Å². The molecule has 31 heavy (non-hydrogen) atoms. The predicted molar refractivity (Wildman–Crippen MR) is 125 cm³/mol. The SMILES string of the molecule is CC(C)(C)n1nc(-c2ccc(NC(=O)Nc3cc(Cl)ccc3Cl)cc2)c(C(N)=O)c1N. The number of nitrogens with two attached hydrogens (primary N) is 2. The number of hydrogen-bond donors (Lipinski definition) is 4. The summed E-state index contributed by atoms with van der Waals surface area (Å²) in [5.41, 5.74) is 13.3. The highest BCUT2D eigenvalue weighted by molar-refractivity contribution is 6.35. The van der Waals surface area contributed by atoms with Gasteiger partial charge in [-0.2, -0.15) is 5.10 Å². The smallest absolute Gasteiger partial charge is 0.323 e. The van der Waals surface area contributed by atoms with Crippen molar-refractivity contribution in [3.63, 3.8) is 0 Å². The van der Waals surface area contributed by atoms with E-state index in [1.807, 2.05) is 20.8 Å². The lowest BCUT2D eigenvalue weighted by molar-refractivity contribution is 0.100. The molecule has 2 aromatic carbocycles. The van der Waals surface area contributed by atoms with Crippen LogP contribution >= 0.6 is 23.2 Å². The number of rotatable bonds is 4. The van der Waals surface area contributed by atoms with Crippen LogP contribution in [0.2, 0.25) is 10.0 Å². The first-order valence-electron chi connectivity index (χ1n) is 9.29. The van der Waals surface area contributed by atoms with Gasteiger partial charge in [-0.1, -0.05) is 35.3 Å². The van der Waals surface area contributed by atoms with Gasteiger partial charge in [0.15, 0.2) is 0 Å². The molecule has 0 spiro atoms. The average molecular weight is 461 g/mol. The first kappa shape index (κ1) is 22.5. The zero-order chi connectivity index (χ0) is 22.9. The number of primary amides is 1. The van der Waals surface area contributed by atoms with Gasteiger partial charge in [0, 0.05) is 16.3 Å². The molecule has 0 radical (unpaired) electrons. The van der Waals surface area contributed by atoms with Gasteiger partial charge >= 0.3 is 6.03 Å². The molecule has 0 aliphatic rings. The standard InChI is InChI=1S/C21H22Cl2N6O2/c1-21(2,3)29-18(24)16(19(25)30)17(28-29)11-4-7-13(8-5-11)26-20(31)27-15-10-12(22)6-9-14(15)23/h4-10H,24H2,1-3H3,(H2,25,30)(H2,26,27,31). The van der Waals surface area contributed by atoms with Crippen molar-refractivity contribution in [2.24, 2.45) is 5.73 Å². The minimum atomic E-state index is -0.664.